The average Bonchev–Trinajstić information content (AvgIpc) is 3.42. The zero-order valence-electron chi connectivity index (χ0n) is 18.1. The van der Waals surface area contributed by atoms with Crippen LogP contribution in [0.3, 0.4) is 0 Å². The van der Waals surface area contributed by atoms with E-state index in [1.165, 1.54) is 10.9 Å². The SMILES string of the molecule is COCC1CCc2cc3c(c(NC(=O)N=S(N)(=O)c4cnn5c4OCCC5)c21)CC(F)(F)C3. The molecule has 5 rings (SSSR count). The molecule has 0 radical (unpaired) electrons. The fraction of sp³-hybridized carbons (Fsp3) is 0.524. The number of benzene rings is 1. The molecule has 1 aromatic carbocycles. The summed E-state index contributed by atoms with van der Waals surface area (Å²) in [6.45, 7) is 1.39. The van der Waals surface area contributed by atoms with Crippen molar-refractivity contribution in [2.24, 2.45) is 9.50 Å². The number of halogens is 2. The molecule has 0 fully saturated rings. The second kappa shape index (κ2) is 8.03. The van der Waals surface area contributed by atoms with E-state index in [4.69, 9.17) is 14.6 Å². The van der Waals surface area contributed by atoms with Gasteiger partial charge in [-0.25, -0.2) is 27.6 Å². The molecule has 2 amide bonds. The Morgan fingerprint density at radius 2 is 2.27 bits per heavy atom. The van der Waals surface area contributed by atoms with Crippen molar-refractivity contribution in [3.8, 4) is 5.88 Å². The first-order valence-corrected chi connectivity index (χ1v) is 12.3. The molecule has 1 aliphatic heterocycles. The number of amides is 2. The highest BCUT2D eigenvalue weighted by Crippen LogP contribution is 2.47. The number of aryl methyl sites for hydroxylation is 2. The minimum absolute atomic E-state index is 0.0321. The summed E-state index contributed by atoms with van der Waals surface area (Å²) in [6, 6.07) is 0.850. The van der Waals surface area contributed by atoms with Crippen LogP contribution in [0.25, 0.3) is 0 Å². The predicted octanol–water partition coefficient (Wildman–Crippen LogP) is 3.01. The van der Waals surface area contributed by atoms with E-state index >= 15 is 0 Å². The van der Waals surface area contributed by atoms with Crippen molar-refractivity contribution in [2.75, 3.05) is 25.6 Å². The molecule has 2 atom stereocenters. The third-order valence-corrected chi connectivity index (χ3v) is 7.70. The monoisotopic (exact) mass is 481 g/mol. The van der Waals surface area contributed by atoms with Gasteiger partial charge in [-0.3, -0.25) is 0 Å². The number of aromatic nitrogens is 2. The number of anilines is 1. The van der Waals surface area contributed by atoms with Crippen LogP contribution < -0.4 is 15.2 Å². The predicted molar refractivity (Wildman–Crippen MR) is 116 cm³/mol. The van der Waals surface area contributed by atoms with Crippen molar-refractivity contribution in [1.29, 1.82) is 0 Å². The summed E-state index contributed by atoms with van der Waals surface area (Å²) in [5, 5.41) is 12.7. The van der Waals surface area contributed by atoms with Crippen LogP contribution >= 0.6 is 0 Å². The van der Waals surface area contributed by atoms with Crippen LogP contribution in [0.4, 0.5) is 19.3 Å². The van der Waals surface area contributed by atoms with Crippen LogP contribution in [0.5, 0.6) is 5.88 Å². The fourth-order valence-corrected chi connectivity index (χ4v) is 6.03. The van der Waals surface area contributed by atoms with Crippen molar-refractivity contribution in [3.05, 3.63) is 34.5 Å². The van der Waals surface area contributed by atoms with Crippen LogP contribution in [0.1, 0.15) is 41.0 Å². The molecule has 0 bridgehead atoms. The van der Waals surface area contributed by atoms with Gasteiger partial charge in [-0.2, -0.15) is 5.10 Å². The average molecular weight is 482 g/mol. The molecular weight excluding hydrogens is 456 g/mol. The Labute approximate surface area is 189 Å². The molecule has 2 aliphatic carbocycles. The van der Waals surface area contributed by atoms with E-state index in [2.05, 4.69) is 14.8 Å². The van der Waals surface area contributed by atoms with Gasteiger partial charge in [0.2, 0.25) is 5.88 Å². The van der Waals surface area contributed by atoms with Crippen molar-refractivity contribution in [2.45, 2.75) is 55.4 Å². The molecule has 1 aromatic heterocycles. The van der Waals surface area contributed by atoms with Crippen LogP contribution in [0, 0.1) is 0 Å². The number of carbonyl (C=O) groups is 1. The Morgan fingerprint density at radius 3 is 3.06 bits per heavy atom. The Hall–Kier alpha value is -2.57. The smallest absolute Gasteiger partial charge is 0.354 e. The summed E-state index contributed by atoms with van der Waals surface area (Å²) in [4.78, 5) is 12.9. The number of nitrogens with two attached hydrogens (primary N) is 1. The number of methoxy groups -OCH3 is 1. The topological polar surface area (TPSA) is 121 Å². The largest absolute Gasteiger partial charge is 0.477 e. The van der Waals surface area contributed by atoms with E-state index in [0.29, 0.717) is 43.0 Å². The molecular formula is C21H25F2N5O4S. The zero-order chi connectivity index (χ0) is 23.4. The molecule has 178 valence electrons. The number of carbonyl (C=O) groups excluding carboxylic acids is 1. The molecule has 0 saturated carbocycles. The number of nitrogens with zero attached hydrogens (tertiary/aromatic N) is 3. The van der Waals surface area contributed by atoms with E-state index in [0.717, 1.165) is 24.0 Å². The minimum Gasteiger partial charge on any atom is -0.477 e. The molecule has 3 N–H and O–H groups in total. The quantitative estimate of drug-likeness (QED) is 0.696. The summed E-state index contributed by atoms with van der Waals surface area (Å²) in [5.74, 6) is -2.70. The number of hydrogen-bond donors (Lipinski definition) is 2. The number of hydrogen-bond acceptors (Lipinski definition) is 5. The second-order valence-corrected chi connectivity index (χ2v) is 10.5. The van der Waals surface area contributed by atoms with Crippen molar-refractivity contribution < 1.29 is 27.3 Å². The second-order valence-electron chi connectivity index (χ2n) is 8.69. The van der Waals surface area contributed by atoms with Gasteiger partial charge in [0.05, 0.1) is 25.1 Å². The maximum Gasteiger partial charge on any atom is 0.354 e. The normalized spacial score (nSPS) is 22.0. The summed E-state index contributed by atoms with van der Waals surface area (Å²) in [6.07, 6.45) is 2.67. The minimum atomic E-state index is -3.67. The number of nitrogens with one attached hydrogen (secondary N) is 1. The Bertz CT molecular complexity index is 1250. The molecule has 12 heteroatoms. The Balaban J connectivity index is 1.52. The van der Waals surface area contributed by atoms with Crippen LogP contribution in [0.15, 0.2) is 21.5 Å². The van der Waals surface area contributed by atoms with Gasteiger partial charge >= 0.3 is 6.03 Å². The van der Waals surface area contributed by atoms with Gasteiger partial charge in [-0.15, -0.1) is 4.36 Å². The molecule has 2 heterocycles. The highest BCUT2D eigenvalue weighted by atomic mass is 32.2. The van der Waals surface area contributed by atoms with Gasteiger partial charge < -0.3 is 14.8 Å². The maximum absolute atomic E-state index is 14.3. The summed E-state index contributed by atoms with van der Waals surface area (Å²) >= 11 is 0. The van der Waals surface area contributed by atoms with Gasteiger partial charge in [-0.1, -0.05) is 6.07 Å². The van der Waals surface area contributed by atoms with Gasteiger partial charge in [0.25, 0.3) is 5.92 Å². The first kappa shape index (κ1) is 22.2. The third-order valence-electron chi connectivity index (χ3n) is 6.35. The Morgan fingerprint density at radius 1 is 1.45 bits per heavy atom. The standard InChI is InChI=1S/C21H25F2N5O4S/c1-31-11-13-4-3-12-7-14-8-21(22,23)9-15(14)18(17(12)13)26-20(29)27-33(24,30)16-10-25-28-5-2-6-32-19(16)28/h7,10,13H,2-6,8-9,11H2,1H3,(H3,24,26,27,29,30). The first-order valence-electron chi connectivity index (χ1n) is 10.8. The van der Waals surface area contributed by atoms with Gasteiger partial charge in [0.15, 0.2) is 9.92 Å². The van der Waals surface area contributed by atoms with Crippen LogP contribution in [-0.4, -0.2) is 46.3 Å². The lowest BCUT2D eigenvalue weighted by atomic mass is 9.94. The van der Waals surface area contributed by atoms with Crippen LogP contribution in [-0.2, 0) is 40.5 Å². The molecule has 33 heavy (non-hydrogen) atoms. The van der Waals surface area contributed by atoms with E-state index in [1.807, 2.05) is 6.07 Å². The maximum atomic E-state index is 14.3. The lowest BCUT2D eigenvalue weighted by molar-refractivity contribution is 0.0131. The van der Waals surface area contributed by atoms with Gasteiger partial charge in [-0.05, 0) is 35.1 Å². The van der Waals surface area contributed by atoms with Gasteiger partial charge in [0.1, 0.15) is 4.90 Å². The molecule has 2 aromatic rings. The fourth-order valence-electron chi connectivity index (χ4n) is 5.02. The summed E-state index contributed by atoms with van der Waals surface area (Å²) in [5.41, 5.74) is 2.92. The van der Waals surface area contributed by atoms with E-state index < -0.39 is 28.3 Å². The van der Waals surface area contributed by atoms with Crippen molar-refractivity contribution in [3.63, 3.8) is 0 Å². The third kappa shape index (κ3) is 4.00. The van der Waals surface area contributed by atoms with Crippen molar-refractivity contribution in [1.82, 2.24) is 9.78 Å². The van der Waals surface area contributed by atoms with E-state index in [1.54, 1.807) is 7.11 Å². The zero-order valence-corrected chi connectivity index (χ0v) is 18.9. The Kier molecular flexibility index (Phi) is 5.41. The molecule has 0 saturated heterocycles. The summed E-state index contributed by atoms with van der Waals surface area (Å²) < 4.78 is 57.7. The number of rotatable bonds is 4. The van der Waals surface area contributed by atoms with Crippen LogP contribution in [0.2, 0.25) is 0 Å². The summed E-state index contributed by atoms with van der Waals surface area (Å²) in [7, 11) is -2.10. The lowest BCUT2D eigenvalue weighted by Crippen LogP contribution is -2.21. The van der Waals surface area contributed by atoms with E-state index in [9.17, 15) is 17.8 Å². The number of urea groups is 1. The highest BCUT2D eigenvalue weighted by Gasteiger charge is 2.42. The molecule has 3 aliphatic rings. The number of fused-ring (bicyclic) bond motifs is 3. The first-order chi connectivity index (χ1) is 15.7. The highest BCUT2D eigenvalue weighted by molar-refractivity contribution is 7.91. The van der Waals surface area contributed by atoms with Gasteiger partial charge in [0, 0.05) is 38.8 Å². The molecule has 9 nitrogen and oxygen atoms in total. The molecule has 0 spiro atoms. The number of ether oxygens (including phenoxy) is 2. The van der Waals surface area contributed by atoms with Crippen molar-refractivity contribution >= 4 is 21.6 Å². The lowest BCUT2D eigenvalue weighted by Gasteiger charge is -2.19. The molecule has 2 unspecified atom stereocenters. The number of alkyl halides is 2. The van der Waals surface area contributed by atoms with E-state index in [-0.39, 0.29) is 23.1 Å².